The first-order valence-electron chi connectivity index (χ1n) is 12.3. The lowest BCUT2D eigenvalue weighted by molar-refractivity contribution is -0.137. The lowest BCUT2D eigenvalue weighted by Crippen LogP contribution is -2.41. The maximum atomic E-state index is 13.3. The second kappa shape index (κ2) is 10.9. The van der Waals surface area contributed by atoms with Crippen molar-refractivity contribution in [2.45, 2.75) is 83.2 Å². The van der Waals surface area contributed by atoms with Crippen LogP contribution >= 0.6 is 0 Å². The lowest BCUT2D eigenvalue weighted by Gasteiger charge is -2.36. The predicted molar refractivity (Wildman–Crippen MR) is 135 cm³/mol. The molecule has 1 aliphatic rings. The SMILES string of the molecule is CC(C)(C)[Si](C)(C)OCCn1ccc(NC(=O)[C@H](C[C@H]2CCC(=O)C2)c2cccc(C(F)(F)F)c2)n1. The van der Waals surface area contributed by atoms with E-state index >= 15 is 0 Å². The number of anilines is 1. The maximum Gasteiger partial charge on any atom is 0.416 e. The van der Waals surface area contributed by atoms with Gasteiger partial charge in [0.05, 0.1) is 24.6 Å². The van der Waals surface area contributed by atoms with Gasteiger partial charge in [-0.25, -0.2) is 0 Å². The van der Waals surface area contributed by atoms with E-state index in [1.165, 1.54) is 12.1 Å². The number of carbonyl (C=O) groups excluding carboxylic acids is 2. The first-order valence-corrected chi connectivity index (χ1v) is 15.2. The summed E-state index contributed by atoms with van der Waals surface area (Å²) in [6.07, 6.45) is -1.02. The number of alkyl halides is 3. The Balaban J connectivity index is 1.70. The minimum Gasteiger partial charge on any atom is -0.415 e. The molecule has 0 unspecified atom stereocenters. The summed E-state index contributed by atoms with van der Waals surface area (Å²) in [5.41, 5.74) is -0.518. The van der Waals surface area contributed by atoms with Crippen LogP contribution in [0.5, 0.6) is 0 Å². The Hall–Kier alpha value is -2.46. The van der Waals surface area contributed by atoms with E-state index in [4.69, 9.17) is 4.43 Å². The Bertz CT molecular complexity index is 1080. The Kier molecular flexibility index (Phi) is 8.50. The fourth-order valence-electron chi connectivity index (χ4n) is 4.13. The third kappa shape index (κ3) is 7.28. The second-order valence-electron chi connectivity index (χ2n) is 11.1. The molecular weight excluding hydrogens is 487 g/mol. The summed E-state index contributed by atoms with van der Waals surface area (Å²) < 4.78 is 47.8. The van der Waals surface area contributed by atoms with Gasteiger partial charge in [0.1, 0.15) is 5.78 Å². The molecule has 1 heterocycles. The third-order valence-electron chi connectivity index (χ3n) is 7.33. The Labute approximate surface area is 211 Å². The number of hydrogen-bond acceptors (Lipinski definition) is 4. The molecule has 198 valence electrons. The van der Waals surface area contributed by atoms with Crippen molar-refractivity contribution < 1.29 is 27.2 Å². The Morgan fingerprint density at radius 3 is 2.58 bits per heavy atom. The summed E-state index contributed by atoms with van der Waals surface area (Å²) in [5.74, 6) is -0.840. The number of nitrogens with zero attached hydrogens (tertiary/aromatic N) is 2. The molecule has 2 atom stereocenters. The lowest BCUT2D eigenvalue weighted by atomic mass is 9.86. The monoisotopic (exact) mass is 523 g/mol. The van der Waals surface area contributed by atoms with E-state index in [9.17, 15) is 22.8 Å². The van der Waals surface area contributed by atoms with Gasteiger partial charge in [-0.15, -0.1) is 0 Å². The van der Waals surface area contributed by atoms with Crippen molar-refractivity contribution in [3.8, 4) is 0 Å². The molecular formula is C26H36F3N3O3Si. The molecule has 3 rings (SSSR count). The smallest absolute Gasteiger partial charge is 0.415 e. The molecule has 1 amide bonds. The highest BCUT2D eigenvalue weighted by molar-refractivity contribution is 6.74. The van der Waals surface area contributed by atoms with Crippen LogP contribution in [-0.4, -0.2) is 36.4 Å². The minimum absolute atomic E-state index is 0.0344. The topological polar surface area (TPSA) is 73.2 Å². The quantitative estimate of drug-likeness (QED) is 0.386. The van der Waals surface area contributed by atoms with E-state index in [1.807, 2.05) is 0 Å². The van der Waals surface area contributed by atoms with Gasteiger partial charge in [-0.1, -0.05) is 39.0 Å². The molecule has 6 nitrogen and oxygen atoms in total. The van der Waals surface area contributed by atoms with Crippen molar-refractivity contribution in [3.05, 3.63) is 47.7 Å². The number of ketones is 1. The number of rotatable bonds is 9. The van der Waals surface area contributed by atoms with Gasteiger partial charge in [-0.05, 0) is 48.5 Å². The van der Waals surface area contributed by atoms with Crippen molar-refractivity contribution in [1.29, 1.82) is 0 Å². The number of carbonyl (C=O) groups is 2. The van der Waals surface area contributed by atoms with Gasteiger partial charge < -0.3 is 9.74 Å². The normalized spacial score (nSPS) is 17.9. The minimum atomic E-state index is -4.51. The summed E-state index contributed by atoms with van der Waals surface area (Å²) in [6.45, 7) is 11.9. The van der Waals surface area contributed by atoms with Crippen LogP contribution in [-0.2, 0) is 26.7 Å². The highest BCUT2D eigenvalue weighted by Crippen LogP contribution is 2.37. The van der Waals surface area contributed by atoms with E-state index in [1.54, 1.807) is 16.9 Å². The van der Waals surface area contributed by atoms with E-state index in [2.05, 4.69) is 44.3 Å². The molecule has 1 aromatic heterocycles. The van der Waals surface area contributed by atoms with Gasteiger partial charge in [0.15, 0.2) is 14.1 Å². The number of hydrogen-bond donors (Lipinski definition) is 1. The van der Waals surface area contributed by atoms with Crippen LogP contribution < -0.4 is 5.32 Å². The zero-order valence-corrected chi connectivity index (χ0v) is 22.6. The number of Topliss-reactive ketones (excluding diaryl/α,β-unsaturated/α-hetero) is 1. The molecule has 1 saturated carbocycles. The zero-order chi connectivity index (χ0) is 26.7. The molecule has 1 aromatic carbocycles. The van der Waals surface area contributed by atoms with E-state index in [0.29, 0.717) is 44.7 Å². The van der Waals surface area contributed by atoms with Crippen molar-refractivity contribution in [2.24, 2.45) is 5.92 Å². The molecule has 36 heavy (non-hydrogen) atoms. The van der Waals surface area contributed by atoms with Crippen molar-refractivity contribution in [1.82, 2.24) is 9.78 Å². The number of benzene rings is 1. The average Bonchev–Trinajstić information content (AvgIpc) is 3.39. The molecule has 0 bridgehead atoms. The Morgan fingerprint density at radius 2 is 1.97 bits per heavy atom. The van der Waals surface area contributed by atoms with Gasteiger partial charge >= 0.3 is 6.18 Å². The van der Waals surface area contributed by atoms with E-state index in [0.717, 1.165) is 12.1 Å². The first kappa shape index (κ1) is 28.1. The molecule has 1 N–H and O–H groups in total. The summed E-state index contributed by atoms with van der Waals surface area (Å²) in [5, 5.41) is 7.26. The van der Waals surface area contributed by atoms with Crippen molar-refractivity contribution in [3.63, 3.8) is 0 Å². The maximum absolute atomic E-state index is 13.3. The van der Waals surface area contributed by atoms with Gasteiger partial charge in [-0.3, -0.25) is 14.3 Å². The van der Waals surface area contributed by atoms with Gasteiger partial charge in [0, 0.05) is 25.1 Å². The van der Waals surface area contributed by atoms with Crippen molar-refractivity contribution in [2.75, 3.05) is 11.9 Å². The summed E-state index contributed by atoms with van der Waals surface area (Å²) >= 11 is 0. The largest absolute Gasteiger partial charge is 0.416 e. The molecule has 0 radical (unpaired) electrons. The van der Waals surface area contributed by atoms with Crippen molar-refractivity contribution >= 4 is 25.8 Å². The molecule has 0 aliphatic heterocycles. The van der Waals surface area contributed by atoms with Gasteiger partial charge in [0.2, 0.25) is 5.91 Å². The van der Waals surface area contributed by atoms with E-state index < -0.39 is 31.9 Å². The summed E-state index contributed by atoms with van der Waals surface area (Å²) in [4.78, 5) is 25.0. The zero-order valence-electron chi connectivity index (χ0n) is 21.6. The number of nitrogens with one attached hydrogen (secondary N) is 1. The number of halogens is 3. The standard InChI is InChI=1S/C26H36F3N3O3Si/c1-25(2,3)36(4,5)35-14-13-32-12-11-23(31-32)30-24(34)22(16-18-9-10-21(33)15-18)19-7-6-8-20(17-19)26(27,28)29/h6-8,11-12,17-18,22H,9-10,13-16H2,1-5H3,(H,30,31,34)/t18-,22+/m0/s1. The molecule has 0 spiro atoms. The third-order valence-corrected chi connectivity index (χ3v) is 11.9. The summed E-state index contributed by atoms with van der Waals surface area (Å²) in [6, 6.07) is 6.53. The molecule has 1 aliphatic carbocycles. The predicted octanol–water partition coefficient (Wildman–Crippen LogP) is 6.41. The molecule has 1 fully saturated rings. The van der Waals surface area contributed by atoms with Crippen LogP contribution in [0.4, 0.5) is 19.0 Å². The van der Waals surface area contributed by atoms with Crippen LogP contribution in [0.25, 0.3) is 0 Å². The van der Waals surface area contributed by atoms with E-state index in [-0.39, 0.29) is 22.3 Å². The fourth-order valence-corrected chi connectivity index (χ4v) is 5.16. The summed E-state index contributed by atoms with van der Waals surface area (Å²) in [7, 11) is -1.89. The highest BCUT2D eigenvalue weighted by Gasteiger charge is 2.37. The second-order valence-corrected chi connectivity index (χ2v) is 15.9. The number of aromatic nitrogens is 2. The van der Waals surface area contributed by atoms with Crippen LogP contribution in [0.3, 0.4) is 0 Å². The van der Waals surface area contributed by atoms with Crippen LogP contribution in [0.15, 0.2) is 36.5 Å². The van der Waals surface area contributed by atoms with Crippen LogP contribution in [0.2, 0.25) is 18.1 Å². The molecule has 10 heteroatoms. The first-order chi connectivity index (χ1) is 16.7. The molecule has 2 aromatic rings. The van der Waals surface area contributed by atoms with Gasteiger partial charge in [-0.2, -0.15) is 18.3 Å². The Morgan fingerprint density at radius 1 is 1.25 bits per heavy atom. The molecule has 0 saturated heterocycles. The highest BCUT2D eigenvalue weighted by atomic mass is 28.4. The van der Waals surface area contributed by atoms with Crippen LogP contribution in [0, 0.1) is 5.92 Å². The van der Waals surface area contributed by atoms with Gasteiger partial charge in [0.25, 0.3) is 0 Å². The average molecular weight is 524 g/mol. The number of amides is 1. The van der Waals surface area contributed by atoms with Crippen LogP contribution in [0.1, 0.15) is 63.5 Å². The fraction of sp³-hybridized carbons (Fsp3) is 0.577.